The second kappa shape index (κ2) is 7.97. The van der Waals surface area contributed by atoms with Gasteiger partial charge >= 0.3 is 6.03 Å². The quantitative estimate of drug-likeness (QED) is 0.772. The fourth-order valence-corrected chi connectivity index (χ4v) is 2.67. The summed E-state index contributed by atoms with van der Waals surface area (Å²) in [6, 6.07) is 4.40. The summed E-state index contributed by atoms with van der Waals surface area (Å²) < 4.78 is 5.27. The molecule has 0 fully saturated rings. The number of urea groups is 1. The Morgan fingerprint density at radius 1 is 1.25 bits per heavy atom. The molecule has 1 aromatic carbocycles. The molecule has 128 valence electrons. The van der Waals surface area contributed by atoms with E-state index in [4.69, 9.17) is 16.1 Å². The minimum Gasteiger partial charge on any atom is -0.361 e. The van der Waals surface area contributed by atoms with Crippen LogP contribution in [0.3, 0.4) is 0 Å². The first kappa shape index (κ1) is 18.0. The monoisotopic (exact) mass is 349 g/mol. The normalized spacial score (nSPS) is 10.5. The number of Topliss-reactive ketones (excluding diaryl/α,β-unsaturated/α-hetero) is 1. The number of aromatic nitrogens is 1. The molecular formula is C17H20ClN3O3. The Hall–Kier alpha value is -2.34. The molecule has 0 saturated carbocycles. The van der Waals surface area contributed by atoms with E-state index in [0.717, 1.165) is 23.4 Å². The molecule has 24 heavy (non-hydrogen) atoms. The van der Waals surface area contributed by atoms with Crippen molar-refractivity contribution in [1.29, 1.82) is 0 Å². The Balaban J connectivity index is 2.00. The summed E-state index contributed by atoms with van der Waals surface area (Å²) in [5, 5.41) is 9.78. The van der Waals surface area contributed by atoms with E-state index in [0.29, 0.717) is 29.2 Å². The number of carbonyl (C=O) groups excluding carboxylic acids is 2. The Morgan fingerprint density at radius 2 is 2.00 bits per heavy atom. The number of ketones is 1. The number of anilines is 1. The van der Waals surface area contributed by atoms with Crippen molar-refractivity contribution >= 4 is 29.1 Å². The molecule has 2 rings (SSSR count). The fourth-order valence-electron chi connectivity index (χ4n) is 2.36. The number of aryl methyl sites for hydroxylation is 2. The summed E-state index contributed by atoms with van der Waals surface area (Å²) in [5.41, 5.74) is 2.70. The second-order valence-corrected chi connectivity index (χ2v) is 5.70. The first-order valence-corrected chi connectivity index (χ1v) is 8.15. The van der Waals surface area contributed by atoms with Crippen molar-refractivity contribution in [2.75, 3.05) is 5.32 Å². The number of nitrogens with zero attached hydrogens (tertiary/aromatic N) is 1. The van der Waals surface area contributed by atoms with Gasteiger partial charge in [-0.1, -0.05) is 30.6 Å². The molecule has 0 bridgehead atoms. The Kier molecular flexibility index (Phi) is 5.98. The second-order valence-electron chi connectivity index (χ2n) is 5.30. The van der Waals surface area contributed by atoms with E-state index in [1.807, 2.05) is 13.8 Å². The van der Waals surface area contributed by atoms with Crippen LogP contribution in [0.15, 0.2) is 22.7 Å². The largest absolute Gasteiger partial charge is 0.361 e. The molecule has 0 radical (unpaired) electrons. The minimum absolute atomic E-state index is 0.123. The highest BCUT2D eigenvalue weighted by Crippen LogP contribution is 2.21. The first-order valence-electron chi connectivity index (χ1n) is 7.77. The van der Waals surface area contributed by atoms with Gasteiger partial charge in [0.2, 0.25) is 0 Å². The smallest absolute Gasteiger partial charge is 0.319 e. The third-order valence-electron chi connectivity index (χ3n) is 3.64. The van der Waals surface area contributed by atoms with Gasteiger partial charge in [-0.3, -0.25) is 4.79 Å². The van der Waals surface area contributed by atoms with Gasteiger partial charge < -0.3 is 15.2 Å². The van der Waals surface area contributed by atoms with Gasteiger partial charge in [-0.25, -0.2) is 4.79 Å². The summed E-state index contributed by atoms with van der Waals surface area (Å²) in [4.78, 5) is 23.4. The number of nitrogens with one attached hydrogen (secondary N) is 2. The van der Waals surface area contributed by atoms with Crippen LogP contribution in [0, 0.1) is 0 Å². The van der Waals surface area contributed by atoms with E-state index in [1.165, 1.54) is 6.92 Å². The summed E-state index contributed by atoms with van der Waals surface area (Å²) in [5.74, 6) is 0.656. The summed E-state index contributed by atoms with van der Waals surface area (Å²) in [6.45, 7) is 5.74. The first-order chi connectivity index (χ1) is 11.5. The van der Waals surface area contributed by atoms with Crippen molar-refractivity contribution in [3.63, 3.8) is 0 Å². The van der Waals surface area contributed by atoms with Gasteiger partial charge in [-0.05, 0) is 31.5 Å². The van der Waals surface area contributed by atoms with E-state index in [9.17, 15) is 9.59 Å². The highest BCUT2D eigenvalue weighted by atomic mass is 35.5. The van der Waals surface area contributed by atoms with Gasteiger partial charge in [0.25, 0.3) is 0 Å². The summed E-state index contributed by atoms with van der Waals surface area (Å²) >= 11 is 6.03. The van der Waals surface area contributed by atoms with E-state index >= 15 is 0 Å². The van der Waals surface area contributed by atoms with Crippen LogP contribution in [-0.4, -0.2) is 17.0 Å². The zero-order valence-corrected chi connectivity index (χ0v) is 14.7. The molecular weight excluding hydrogens is 330 g/mol. The summed E-state index contributed by atoms with van der Waals surface area (Å²) in [6.07, 6.45) is 1.46. The van der Waals surface area contributed by atoms with Gasteiger partial charge in [0.15, 0.2) is 5.78 Å². The Labute approximate surface area is 145 Å². The molecule has 0 unspecified atom stereocenters. The van der Waals surface area contributed by atoms with Crippen molar-refractivity contribution in [3.8, 4) is 0 Å². The van der Waals surface area contributed by atoms with Crippen molar-refractivity contribution < 1.29 is 14.1 Å². The van der Waals surface area contributed by atoms with Gasteiger partial charge in [-0.15, -0.1) is 0 Å². The summed E-state index contributed by atoms with van der Waals surface area (Å²) in [7, 11) is 0. The molecule has 2 aromatic rings. The fraction of sp³-hybridized carbons (Fsp3) is 0.353. The Bertz CT molecular complexity index is 734. The molecule has 2 amide bonds. The lowest BCUT2D eigenvalue weighted by atomic mass is 10.1. The molecule has 2 N–H and O–H groups in total. The highest BCUT2D eigenvalue weighted by Gasteiger charge is 2.14. The molecule has 0 aliphatic carbocycles. The maximum atomic E-state index is 12.1. The molecule has 0 aliphatic rings. The lowest BCUT2D eigenvalue weighted by Gasteiger charge is -2.09. The number of carbonyl (C=O) groups is 2. The zero-order valence-electron chi connectivity index (χ0n) is 13.9. The minimum atomic E-state index is -0.369. The van der Waals surface area contributed by atoms with Crippen molar-refractivity contribution in [1.82, 2.24) is 10.5 Å². The lowest BCUT2D eigenvalue weighted by Crippen LogP contribution is -2.28. The van der Waals surface area contributed by atoms with Crippen LogP contribution in [0.1, 0.15) is 48.1 Å². The number of hydrogen-bond acceptors (Lipinski definition) is 4. The molecule has 0 atom stereocenters. The molecule has 7 heteroatoms. The van der Waals surface area contributed by atoms with Crippen LogP contribution in [0.5, 0.6) is 0 Å². The van der Waals surface area contributed by atoms with Crippen molar-refractivity contribution in [2.24, 2.45) is 0 Å². The molecule has 1 heterocycles. The molecule has 0 spiro atoms. The predicted octanol–water partition coefficient (Wildman–Crippen LogP) is 3.98. The third-order valence-corrected chi connectivity index (χ3v) is 3.95. The highest BCUT2D eigenvalue weighted by molar-refractivity contribution is 6.34. The SMILES string of the molecule is CCc1noc(CC)c1CNC(=O)Nc1ccc(C(C)=O)c(Cl)c1. The number of rotatable bonds is 6. The zero-order chi connectivity index (χ0) is 17.7. The lowest BCUT2D eigenvalue weighted by molar-refractivity contribution is 0.101. The number of benzene rings is 1. The molecule has 6 nitrogen and oxygen atoms in total. The number of hydrogen-bond donors (Lipinski definition) is 2. The van der Waals surface area contributed by atoms with Crippen molar-refractivity contribution in [2.45, 2.75) is 40.2 Å². The number of halogens is 1. The molecule has 1 aromatic heterocycles. The van der Waals surface area contributed by atoms with Gasteiger partial charge in [0, 0.05) is 29.8 Å². The van der Waals surface area contributed by atoms with E-state index in [1.54, 1.807) is 18.2 Å². The van der Waals surface area contributed by atoms with Crippen LogP contribution >= 0.6 is 11.6 Å². The average Bonchev–Trinajstić information content (AvgIpc) is 2.94. The van der Waals surface area contributed by atoms with Crippen molar-refractivity contribution in [3.05, 3.63) is 45.8 Å². The maximum absolute atomic E-state index is 12.1. The van der Waals surface area contributed by atoms with Gasteiger partial charge in [0.1, 0.15) is 5.76 Å². The van der Waals surface area contributed by atoms with Gasteiger partial charge in [0.05, 0.1) is 10.7 Å². The average molecular weight is 350 g/mol. The molecule has 0 aliphatic heterocycles. The van der Waals surface area contributed by atoms with Crippen LogP contribution in [0.4, 0.5) is 10.5 Å². The molecule has 0 saturated heterocycles. The Morgan fingerprint density at radius 3 is 2.58 bits per heavy atom. The van der Waals surface area contributed by atoms with Crippen LogP contribution in [0.25, 0.3) is 0 Å². The van der Waals surface area contributed by atoms with Crippen LogP contribution in [0.2, 0.25) is 5.02 Å². The van der Waals surface area contributed by atoms with E-state index in [2.05, 4.69) is 15.8 Å². The third kappa shape index (κ3) is 4.14. The van der Waals surface area contributed by atoms with Crippen LogP contribution < -0.4 is 10.6 Å². The standard InChI is InChI=1S/C17H20ClN3O3/c1-4-15-13(16(5-2)24-21-15)9-19-17(23)20-11-6-7-12(10(3)22)14(18)8-11/h6-8H,4-5,9H2,1-3H3,(H2,19,20,23). The maximum Gasteiger partial charge on any atom is 0.319 e. The van der Waals surface area contributed by atoms with Gasteiger partial charge in [-0.2, -0.15) is 0 Å². The number of amides is 2. The van der Waals surface area contributed by atoms with E-state index in [-0.39, 0.29) is 11.8 Å². The van der Waals surface area contributed by atoms with Crippen LogP contribution in [-0.2, 0) is 19.4 Å². The van der Waals surface area contributed by atoms with E-state index < -0.39 is 0 Å². The predicted molar refractivity (Wildman–Crippen MR) is 92.6 cm³/mol. The topological polar surface area (TPSA) is 84.2 Å².